The normalized spacial score (nSPS) is 10.7. The standard InChI is InChI=1S/C11H13ClN4/c1-16-11(7-13)14-10(15-16)6-8-3-2-4-9(12)5-8/h2-5H,6-7,13H2,1H3. The number of benzene rings is 1. The zero-order valence-corrected chi connectivity index (χ0v) is 9.78. The second-order valence-electron chi connectivity index (χ2n) is 3.58. The highest BCUT2D eigenvalue weighted by Gasteiger charge is 2.06. The molecule has 16 heavy (non-hydrogen) atoms. The molecule has 1 heterocycles. The molecule has 1 aromatic carbocycles. The van der Waals surface area contributed by atoms with Gasteiger partial charge in [-0.2, -0.15) is 5.10 Å². The van der Waals surface area contributed by atoms with Crippen LogP contribution in [0.3, 0.4) is 0 Å². The summed E-state index contributed by atoms with van der Waals surface area (Å²) >= 11 is 5.91. The van der Waals surface area contributed by atoms with Crippen LogP contribution >= 0.6 is 11.6 Å². The lowest BCUT2D eigenvalue weighted by Gasteiger charge is -1.97. The molecule has 0 atom stereocenters. The van der Waals surface area contributed by atoms with Crippen molar-refractivity contribution < 1.29 is 0 Å². The number of hydrogen-bond acceptors (Lipinski definition) is 3. The Hall–Kier alpha value is -1.39. The van der Waals surface area contributed by atoms with Gasteiger partial charge in [0.2, 0.25) is 0 Å². The monoisotopic (exact) mass is 236 g/mol. The van der Waals surface area contributed by atoms with Crippen LogP contribution in [0.1, 0.15) is 17.2 Å². The molecule has 5 heteroatoms. The third-order valence-corrected chi connectivity index (χ3v) is 2.57. The van der Waals surface area contributed by atoms with Gasteiger partial charge < -0.3 is 5.73 Å². The Morgan fingerprint density at radius 2 is 2.25 bits per heavy atom. The topological polar surface area (TPSA) is 56.7 Å². The van der Waals surface area contributed by atoms with Gasteiger partial charge in [0.1, 0.15) is 5.82 Å². The number of aryl methyl sites for hydroxylation is 1. The Balaban J connectivity index is 2.20. The largest absolute Gasteiger partial charge is 0.324 e. The predicted octanol–water partition coefficient (Wildman–Crippen LogP) is 1.52. The van der Waals surface area contributed by atoms with Gasteiger partial charge in [0.05, 0.1) is 6.54 Å². The minimum absolute atomic E-state index is 0.402. The molecule has 1 aromatic heterocycles. The summed E-state index contributed by atoms with van der Waals surface area (Å²) in [4.78, 5) is 4.34. The number of aromatic nitrogens is 3. The van der Waals surface area contributed by atoms with Crippen LogP contribution in [0.5, 0.6) is 0 Å². The van der Waals surface area contributed by atoms with E-state index in [1.807, 2.05) is 31.3 Å². The first kappa shape index (κ1) is 11.1. The van der Waals surface area contributed by atoms with Crippen LogP contribution in [0.4, 0.5) is 0 Å². The minimum atomic E-state index is 0.402. The van der Waals surface area contributed by atoms with Gasteiger partial charge in [0, 0.05) is 18.5 Å². The maximum Gasteiger partial charge on any atom is 0.155 e. The number of nitrogens with two attached hydrogens (primary N) is 1. The Labute approximate surface area is 99.1 Å². The van der Waals surface area contributed by atoms with Gasteiger partial charge in [0.15, 0.2) is 5.82 Å². The van der Waals surface area contributed by atoms with E-state index in [1.165, 1.54) is 0 Å². The second kappa shape index (κ2) is 4.63. The lowest BCUT2D eigenvalue weighted by atomic mass is 10.1. The van der Waals surface area contributed by atoms with Crippen molar-refractivity contribution in [3.8, 4) is 0 Å². The smallest absolute Gasteiger partial charge is 0.155 e. The molecule has 4 nitrogen and oxygen atoms in total. The molecule has 2 rings (SSSR count). The van der Waals surface area contributed by atoms with Gasteiger partial charge in [-0.3, -0.25) is 4.68 Å². The van der Waals surface area contributed by atoms with Crippen molar-refractivity contribution >= 4 is 11.6 Å². The van der Waals surface area contributed by atoms with Gasteiger partial charge in [-0.05, 0) is 17.7 Å². The highest BCUT2D eigenvalue weighted by Crippen LogP contribution is 2.13. The molecule has 0 bridgehead atoms. The number of halogens is 1. The van der Waals surface area contributed by atoms with Gasteiger partial charge in [-0.25, -0.2) is 4.98 Å². The summed E-state index contributed by atoms with van der Waals surface area (Å²) in [5.74, 6) is 1.56. The van der Waals surface area contributed by atoms with Crippen molar-refractivity contribution in [2.45, 2.75) is 13.0 Å². The Kier molecular flexibility index (Phi) is 3.22. The molecule has 0 aliphatic heterocycles. The highest BCUT2D eigenvalue weighted by atomic mass is 35.5. The van der Waals surface area contributed by atoms with Crippen LogP contribution in [-0.2, 0) is 20.0 Å². The second-order valence-corrected chi connectivity index (χ2v) is 4.02. The van der Waals surface area contributed by atoms with Gasteiger partial charge in [-0.15, -0.1) is 0 Å². The fraction of sp³-hybridized carbons (Fsp3) is 0.273. The summed E-state index contributed by atoms with van der Waals surface area (Å²) in [6.45, 7) is 0.402. The van der Waals surface area contributed by atoms with Gasteiger partial charge in [-0.1, -0.05) is 23.7 Å². The predicted molar refractivity (Wildman–Crippen MR) is 63.2 cm³/mol. The van der Waals surface area contributed by atoms with Crippen LogP contribution in [0.15, 0.2) is 24.3 Å². The van der Waals surface area contributed by atoms with Crippen LogP contribution in [0.2, 0.25) is 5.02 Å². The van der Waals surface area contributed by atoms with E-state index >= 15 is 0 Å². The zero-order chi connectivity index (χ0) is 11.5. The fourth-order valence-electron chi connectivity index (χ4n) is 1.56. The van der Waals surface area contributed by atoms with Crippen LogP contribution in [0.25, 0.3) is 0 Å². The zero-order valence-electron chi connectivity index (χ0n) is 9.02. The third-order valence-electron chi connectivity index (χ3n) is 2.33. The summed E-state index contributed by atoms with van der Waals surface area (Å²) in [6, 6.07) is 7.69. The molecule has 84 valence electrons. The molecule has 0 radical (unpaired) electrons. The quantitative estimate of drug-likeness (QED) is 0.879. The van der Waals surface area contributed by atoms with E-state index in [2.05, 4.69) is 10.1 Å². The molecular formula is C11H13ClN4. The van der Waals surface area contributed by atoms with Crippen molar-refractivity contribution in [2.75, 3.05) is 0 Å². The molecule has 2 N–H and O–H groups in total. The van der Waals surface area contributed by atoms with Crippen molar-refractivity contribution in [1.82, 2.24) is 14.8 Å². The molecule has 0 unspecified atom stereocenters. The summed E-state index contributed by atoms with van der Waals surface area (Å²) in [5, 5.41) is 5.02. The lowest BCUT2D eigenvalue weighted by Crippen LogP contribution is -2.05. The fourth-order valence-corrected chi connectivity index (χ4v) is 1.77. The maximum absolute atomic E-state index is 5.91. The van der Waals surface area contributed by atoms with E-state index in [1.54, 1.807) is 4.68 Å². The molecule has 0 saturated carbocycles. The molecule has 2 aromatic rings. The molecule has 0 aliphatic carbocycles. The average Bonchev–Trinajstić information content (AvgIpc) is 2.58. The number of rotatable bonds is 3. The first-order valence-corrected chi connectivity index (χ1v) is 5.40. The third kappa shape index (κ3) is 2.40. The minimum Gasteiger partial charge on any atom is -0.324 e. The summed E-state index contributed by atoms with van der Waals surface area (Å²) in [7, 11) is 1.84. The van der Waals surface area contributed by atoms with Crippen LogP contribution in [-0.4, -0.2) is 14.8 Å². The molecule has 0 fully saturated rings. The van der Waals surface area contributed by atoms with E-state index in [0.717, 1.165) is 22.2 Å². The Morgan fingerprint density at radius 3 is 2.88 bits per heavy atom. The summed E-state index contributed by atoms with van der Waals surface area (Å²) in [5.41, 5.74) is 6.64. The number of nitrogens with zero attached hydrogens (tertiary/aromatic N) is 3. The Bertz CT molecular complexity index is 492. The van der Waals surface area contributed by atoms with E-state index < -0.39 is 0 Å². The molecular weight excluding hydrogens is 224 g/mol. The van der Waals surface area contributed by atoms with Gasteiger partial charge >= 0.3 is 0 Å². The van der Waals surface area contributed by atoms with Crippen molar-refractivity contribution in [3.05, 3.63) is 46.5 Å². The SMILES string of the molecule is Cn1nc(Cc2cccc(Cl)c2)nc1CN. The number of hydrogen-bond donors (Lipinski definition) is 1. The molecule has 0 saturated heterocycles. The van der Waals surface area contributed by atoms with E-state index in [0.29, 0.717) is 13.0 Å². The Morgan fingerprint density at radius 1 is 1.44 bits per heavy atom. The van der Waals surface area contributed by atoms with E-state index in [4.69, 9.17) is 17.3 Å². The molecule has 0 spiro atoms. The van der Waals surface area contributed by atoms with Crippen molar-refractivity contribution in [2.24, 2.45) is 12.8 Å². The maximum atomic E-state index is 5.91. The average molecular weight is 237 g/mol. The van der Waals surface area contributed by atoms with E-state index in [9.17, 15) is 0 Å². The molecule has 0 amide bonds. The first-order chi connectivity index (χ1) is 7.69. The van der Waals surface area contributed by atoms with Crippen LogP contribution in [0, 0.1) is 0 Å². The molecule has 0 aliphatic rings. The summed E-state index contributed by atoms with van der Waals surface area (Å²) in [6.07, 6.45) is 0.675. The first-order valence-electron chi connectivity index (χ1n) is 5.02. The lowest BCUT2D eigenvalue weighted by molar-refractivity contribution is 0.696. The summed E-state index contributed by atoms with van der Waals surface area (Å²) < 4.78 is 1.71. The van der Waals surface area contributed by atoms with E-state index in [-0.39, 0.29) is 0 Å². The van der Waals surface area contributed by atoms with Crippen molar-refractivity contribution in [3.63, 3.8) is 0 Å². The van der Waals surface area contributed by atoms with Gasteiger partial charge in [0.25, 0.3) is 0 Å². The van der Waals surface area contributed by atoms with Crippen LogP contribution < -0.4 is 5.73 Å². The highest BCUT2D eigenvalue weighted by molar-refractivity contribution is 6.30. The van der Waals surface area contributed by atoms with Crippen molar-refractivity contribution in [1.29, 1.82) is 0 Å².